The molecule has 3 rings (SSSR count). The molecule has 2 aromatic carbocycles. The number of benzene rings is 2. The van der Waals surface area contributed by atoms with E-state index < -0.39 is 30.1 Å². The van der Waals surface area contributed by atoms with Crippen LogP contribution >= 0.6 is 0 Å². The summed E-state index contributed by atoms with van der Waals surface area (Å²) in [6.45, 7) is 4.91. The van der Waals surface area contributed by atoms with Crippen molar-refractivity contribution < 1.29 is 28.6 Å². The molecule has 9 nitrogen and oxygen atoms in total. The Bertz CT molecular complexity index is 1070. The Balaban J connectivity index is 1.43. The molecule has 0 aromatic heterocycles. The van der Waals surface area contributed by atoms with Gasteiger partial charge in [0, 0.05) is 5.56 Å². The molecule has 0 bridgehead atoms. The molecule has 0 saturated carbocycles. The standard InChI is InChI=1S/C26H31N3O6/c1-26(2,3)25(32)35-15-34-22(30)13-19-12-20(29-24(19)31)14-33-21-10-8-17(9-11-21)16-4-6-18(7-5-16)23(27)28/h4-11,19-20H,12-15H2,1-3H3,(H3,27,28)(H,29,31)/t19-,20-/m0/s1. The molecule has 9 heteroatoms. The van der Waals surface area contributed by atoms with E-state index in [2.05, 4.69) is 5.32 Å². The fourth-order valence-electron chi connectivity index (χ4n) is 3.52. The number of amides is 1. The molecule has 4 N–H and O–H groups in total. The zero-order valence-corrected chi connectivity index (χ0v) is 20.1. The summed E-state index contributed by atoms with van der Waals surface area (Å²) in [4.78, 5) is 35.9. The third kappa shape index (κ3) is 7.30. The van der Waals surface area contributed by atoms with Gasteiger partial charge >= 0.3 is 11.9 Å². The van der Waals surface area contributed by atoms with E-state index >= 15 is 0 Å². The van der Waals surface area contributed by atoms with Crippen molar-refractivity contribution in [3.8, 4) is 16.9 Å². The van der Waals surface area contributed by atoms with Crippen molar-refractivity contribution in [2.24, 2.45) is 17.1 Å². The second kappa shape index (κ2) is 11.0. The van der Waals surface area contributed by atoms with Crippen LogP contribution in [0.5, 0.6) is 5.75 Å². The highest BCUT2D eigenvalue weighted by atomic mass is 16.7. The van der Waals surface area contributed by atoms with Crippen LogP contribution in [0.1, 0.15) is 39.2 Å². The average Bonchev–Trinajstić information content (AvgIpc) is 3.16. The fraction of sp³-hybridized carbons (Fsp3) is 0.385. The van der Waals surface area contributed by atoms with Gasteiger partial charge in [0.1, 0.15) is 18.2 Å². The van der Waals surface area contributed by atoms with E-state index in [0.717, 1.165) is 11.1 Å². The van der Waals surface area contributed by atoms with Crippen LogP contribution in [-0.2, 0) is 23.9 Å². The van der Waals surface area contributed by atoms with Gasteiger partial charge in [-0.25, -0.2) is 0 Å². The smallest absolute Gasteiger partial charge is 0.314 e. The Morgan fingerprint density at radius 1 is 1.03 bits per heavy atom. The number of hydrogen-bond donors (Lipinski definition) is 3. The van der Waals surface area contributed by atoms with Crippen molar-refractivity contribution in [2.45, 2.75) is 39.7 Å². The Hall–Kier alpha value is -3.88. The number of nitrogen functional groups attached to an aromatic ring is 1. The molecule has 1 amide bonds. The third-order valence-electron chi connectivity index (χ3n) is 5.56. The highest BCUT2D eigenvalue weighted by molar-refractivity contribution is 5.95. The third-order valence-corrected chi connectivity index (χ3v) is 5.56. The molecule has 2 atom stereocenters. The average molecular weight is 482 g/mol. The lowest BCUT2D eigenvalue weighted by Gasteiger charge is -2.16. The molecular formula is C26H31N3O6. The van der Waals surface area contributed by atoms with E-state index in [0.29, 0.717) is 17.7 Å². The van der Waals surface area contributed by atoms with Gasteiger partial charge in [-0.1, -0.05) is 36.4 Å². The maximum absolute atomic E-state index is 12.2. The zero-order valence-electron chi connectivity index (χ0n) is 20.1. The van der Waals surface area contributed by atoms with Crippen LogP contribution in [0.25, 0.3) is 11.1 Å². The van der Waals surface area contributed by atoms with Crippen LogP contribution in [0.4, 0.5) is 0 Å². The molecule has 0 radical (unpaired) electrons. The number of carbonyl (C=O) groups excluding carboxylic acids is 3. The van der Waals surface area contributed by atoms with E-state index in [1.165, 1.54) is 0 Å². The predicted octanol–water partition coefficient (Wildman–Crippen LogP) is 3.00. The van der Waals surface area contributed by atoms with E-state index in [1.807, 2.05) is 36.4 Å². The molecule has 1 fully saturated rings. The minimum Gasteiger partial charge on any atom is -0.491 e. The lowest BCUT2D eigenvalue weighted by Crippen LogP contribution is -2.31. The maximum Gasteiger partial charge on any atom is 0.314 e. The Morgan fingerprint density at radius 2 is 1.63 bits per heavy atom. The molecule has 0 aliphatic carbocycles. The normalized spacial score (nSPS) is 17.4. The van der Waals surface area contributed by atoms with Crippen molar-refractivity contribution in [1.29, 1.82) is 5.41 Å². The van der Waals surface area contributed by atoms with Crippen molar-refractivity contribution in [3.05, 3.63) is 54.1 Å². The number of hydrogen-bond acceptors (Lipinski definition) is 7. The topological polar surface area (TPSA) is 141 Å². The van der Waals surface area contributed by atoms with Crippen molar-refractivity contribution in [2.75, 3.05) is 13.4 Å². The van der Waals surface area contributed by atoms with Crippen LogP contribution in [0.15, 0.2) is 48.5 Å². The van der Waals surface area contributed by atoms with Gasteiger partial charge < -0.3 is 25.3 Å². The van der Waals surface area contributed by atoms with Gasteiger partial charge in [-0.3, -0.25) is 19.8 Å². The lowest BCUT2D eigenvalue weighted by molar-refractivity contribution is -0.173. The summed E-state index contributed by atoms with van der Waals surface area (Å²) >= 11 is 0. The first-order chi connectivity index (χ1) is 16.5. The fourth-order valence-corrected chi connectivity index (χ4v) is 3.52. The summed E-state index contributed by atoms with van der Waals surface area (Å²) in [5.41, 5.74) is 7.46. The van der Waals surface area contributed by atoms with Gasteiger partial charge in [0.15, 0.2) is 0 Å². The molecule has 0 unspecified atom stereocenters. The van der Waals surface area contributed by atoms with Crippen LogP contribution < -0.4 is 15.8 Å². The highest BCUT2D eigenvalue weighted by Gasteiger charge is 2.34. The predicted molar refractivity (Wildman–Crippen MR) is 130 cm³/mol. The first-order valence-corrected chi connectivity index (χ1v) is 11.3. The quantitative estimate of drug-likeness (QED) is 0.216. The van der Waals surface area contributed by atoms with Crippen LogP contribution in [0.3, 0.4) is 0 Å². The number of amidine groups is 1. The monoisotopic (exact) mass is 481 g/mol. The molecule has 2 aromatic rings. The van der Waals surface area contributed by atoms with Crippen molar-refractivity contribution >= 4 is 23.7 Å². The van der Waals surface area contributed by atoms with Gasteiger partial charge in [0.25, 0.3) is 0 Å². The largest absolute Gasteiger partial charge is 0.491 e. The van der Waals surface area contributed by atoms with E-state index in [1.54, 1.807) is 32.9 Å². The Morgan fingerprint density at radius 3 is 2.20 bits per heavy atom. The number of nitrogens with one attached hydrogen (secondary N) is 2. The Kier molecular flexibility index (Phi) is 8.11. The minimum absolute atomic E-state index is 0.0278. The van der Waals surface area contributed by atoms with Gasteiger partial charge in [0.2, 0.25) is 12.7 Å². The van der Waals surface area contributed by atoms with Gasteiger partial charge in [-0.15, -0.1) is 0 Å². The highest BCUT2D eigenvalue weighted by Crippen LogP contribution is 2.24. The molecule has 1 aliphatic rings. The number of nitrogens with two attached hydrogens (primary N) is 1. The summed E-state index contributed by atoms with van der Waals surface area (Å²) < 4.78 is 15.7. The van der Waals surface area contributed by atoms with E-state index in [9.17, 15) is 14.4 Å². The van der Waals surface area contributed by atoms with Gasteiger partial charge in [-0.2, -0.15) is 0 Å². The summed E-state index contributed by atoms with van der Waals surface area (Å²) in [6, 6.07) is 14.7. The molecule has 1 aliphatic heterocycles. The second-order valence-electron chi connectivity index (χ2n) is 9.48. The summed E-state index contributed by atoms with van der Waals surface area (Å²) in [5, 5.41) is 10.3. The number of esters is 2. The number of ether oxygens (including phenoxy) is 3. The zero-order chi connectivity index (χ0) is 25.6. The molecule has 186 valence electrons. The lowest BCUT2D eigenvalue weighted by atomic mass is 9.98. The molecule has 1 saturated heterocycles. The van der Waals surface area contributed by atoms with E-state index in [-0.39, 0.29) is 30.8 Å². The van der Waals surface area contributed by atoms with Gasteiger partial charge in [-0.05, 0) is 50.5 Å². The molecular weight excluding hydrogens is 450 g/mol. The summed E-state index contributed by atoms with van der Waals surface area (Å²) in [6.07, 6.45) is 0.350. The van der Waals surface area contributed by atoms with Crippen molar-refractivity contribution in [1.82, 2.24) is 5.32 Å². The minimum atomic E-state index is -0.687. The SMILES string of the molecule is CC(C)(C)C(=O)OCOC(=O)C[C@@H]1C[C@@H](COc2ccc(-c3ccc(C(=N)N)cc3)cc2)NC1=O. The number of rotatable bonds is 9. The molecule has 1 heterocycles. The van der Waals surface area contributed by atoms with Crippen LogP contribution in [-0.4, -0.2) is 43.1 Å². The second-order valence-corrected chi connectivity index (χ2v) is 9.48. The Labute approximate surface area is 204 Å². The number of carbonyl (C=O) groups is 3. The van der Waals surface area contributed by atoms with E-state index in [4.69, 9.17) is 25.4 Å². The summed E-state index contributed by atoms with van der Waals surface area (Å²) in [5.74, 6) is -1.13. The maximum atomic E-state index is 12.2. The molecule has 0 spiro atoms. The van der Waals surface area contributed by atoms with Crippen LogP contribution in [0.2, 0.25) is 0 Å². The van der Waals surface area contributed by atoms with Gasteiger partial charge in [0.05, 0.1) is 23.8 Å². The first-order valence-electron chi connectivity index (χ1n) is 11.3. The van der Waals surface area contributed by atoms with Crippen LogP contribution in [0, 0.1) is 16.7 Å². The molecule has 35 heavy (non-hydrogen) atoms. The first kappa shape index (κ1) is 25.7. The summed E-state index contributed by atoms with van der Waals surface area (Å²) in [7, 11) is 0. The van der Waals surface area contributed by atoms with Crippen molar-refractivity contribution in [3.63, 3.8) is 0 Å².